The maximum atomic E-state index is 5.89. The highest BCUT2D eigenvalue weighted by atomic mass is 16.3. The summed E-state index contributed by atoms with van der Waals surface area (Å²) in [6, 6.07) is 2.88. The van der Waals surface area contributed by atoms with Crippen LogP contribution in [0.25, 0.3) is 0 Å². The summed E-state index contributed by atoms with van der Waals surface area (Å²) in [7, 11) is 6.27. The van der Waals surface area contributed by atoms with E-state index in [0.29, 0.717) is 6.04 Å². The van der Waals surface area contributed by atoms with E-state index in [1.165, 1.54) is 24.9 Å². The molecule has 1 fully saturated rings. The highest BCUT2D eigenvalue weighted by Gasteiger charge is 2.25. The molecule has 4 heteroatoms. The monoisotopic (exact) mass is 265 g/mol. The lowest BCUT2D eigenvalue weighted by Gasteiger charge is -2.26. The fourth-order valence-corrected chi connectivity index (χ4v) is 2.96. The minimum absolute atomic E-state index is 0.674. The number of rotatable bonds is 6. The molecule has 19 heavy (non-hydrogen) atoms. The molecule has 1 aromatic rings. The number of likely N-dealkylation sites (tertiary alicyclic amines) is 1. The highest BCUT2D eigenvalue weighted by molar-refractivity contribution is 5.20. The van der Waals surface area contributed by atoms with Crippen LogP contribution in [0.4, 0.5) is 0 Å². The predicted octanol–water partition coefficient (Wildman–Crippen LogP) is 1.83. The van der Waals surface area contributed by atoms with E-state index in [1.807, 2.05) is 7.05 Å². The topological polar surface area (TPSA) is 31.6 Å². The summed E-state index contributed by atoms with van der Waals surface area (Å²) in [5, 5.41) is 3.19. The van der Waals surface area contributed by atoms with Gasteiger partial charge in [-0.1, -0.05) is 0 Å². The quantitative estimate of drug-likeness (QED) is 0.850. The molecule has 0 saturated carbocycles. The number of furan rings is 1. The molecule has 108 valence electrons. The van der Waals surface area contributed by atoms with Crippen molar-refractivity contribution in [2.75, 3.05) is 34.2 Å². The molecule has 1 atom stereocenters. The van der Waals surface area contributed by atoms with Crippen molar-refractivity contribution in [2.24, 2.45) is 0 Å². The van der Waals surface area contributed by atoms with Crippen LogP contribution in [0.5, 0.6) is 0 Å². The van der Waals surface area contributed by atoms with Crippen molar-refractivity contribution in [1.29, 1.82) is 0 Å². The van der Waals surface area contributed by atoms with Crippen molar-refractivity contribution >= 4 is 0 Å². The zero-order valence-corrected chi connectivity index (χ0v) is 12.7. The Labute approximate surface area is 116 Å². The van der Waals surface area contributed by atoms with Gasteiger partial charge in [-0.25, -0.2) is 0 Å². The van der Waals surface area contributed by atoms with Crippen molar-refractivity contribution < 1.29 is 4.42 Å². The Kier molecular flexibility index (Phi) is 5.02. The Morgan fingerprint density at radius 1 is 1.47 bits per heavy atom. The molecule has 0 aliphatic carbocycles. The van der Waals surface area contributed by atoms with E-state index in [4.69, 9.17) is 4.42 Å². The van der Waals surface area contributed by atoms with Gasteiger partial charge in [-0.05, 0) is 53.5 Å². The fraction of sp³-hybridized carbons (Fsp3) is 0.733. The van der Waals surface area contributed by atoms with Crippen LogP contribution in [0.1, 0.15) is 29.9 Å². The van der Waals surface area contributed by atoms with E-state index >= 15 is 0 Å². The second kappa shape index (κ2) is 6.55. The lowest BCUT2D eigenvalue weighted by molar-refractivity contribution is 0.188. The fourth-order valence-electron chi connectivity index (χ4n) is 2.96. The van der Waals surface area contributed by atoms with Crippen LogP contribution in [-0.2, 0) is 13.1 Å². The summed E-state index contributed by atoms with van der Waals surface area (Å²) in [5.41, 5.74) is 1.28. The van der Waals surface area contributed by atoms with Gasteiger partial charge in [0.15, 0.2) is 0 Å². The van der Waals surface area contributed by atoms with Crippen LogP contribution in [0.15, 0.2) is 10.5 Å². The first kappa shape index (κ1) is 14.6. The van der Waals surface area contributed by atoms with Crippen LogP contribution < -0.4 is 5.32 Å². The first-order valence-electron chi connectivity index (χ1n) is 7.21. The number of likely N-dealkylation sites (N-methyl/N-ethyl adjacent to an activating group) is 1. The van der Waals surface area contributed by atoms with E-state index in [-0.39, 0.29) is 0 Å². The molecular weight excluding hydrogens is 238 g/mol. The standard InChI is InChI=1S/C15H27N3O/c1-12-13(9-16-2)8-15(19-12)11-18-7-5-6-14(18)10-17(3)4/h8,14,16H,5-7,9-11H2,1-4H3. The van der Waals surface area contributed by atoms with Gasteiger partial charge in [0.1, 0.15) is 11.5 Å². The van der Waals surface area contributed by atoms with Gasteiger partial charge in [0.2, 0.25) is 0 Å². The molecule has 4 nitrogen and oxygen atoms in total. The summed E-state index contributed by atoms with van der Waals surface area (Å²) >= 11 is 0. The minimum Gasteiger partial charge on any atom is -0.465 e. The second-order valence-electron chi connectivity index (χ2n) is 5.85. The molecule has 2 rings (SSSR count). The van der Waals surface area contributed by atoms with Gasteiger partial charge >= 0.3 is 0 Å². The van der Waals surface area contributed by atoms with Crippen molar-refractivity contribution in [3.8, 4) is 0 Å². The second-order valence-corrected chi connectivity index (χ2v) is 5.85. The molecule has 1 aliphatic heterocycles. The van der Waals surface area contributed by atoms with Crippen LogP contribution in [0, 0.1) is 6.92 Å². The van der Waals surface area contributed by atoms with E-state index < -0.39 is 0 Å². The summed E-state index contributed by atoms with van der Waals surface area (Å²) in [6.07, 6.45) is 2.61. The van der Waals surface area contributed by atoms with Gasteiger partial charge in [0.25, 0.3) is 0 Å². The Hall–Kier alpha value is -0.840. The zero-order valence-electron chi connectivity index (χ0n) is 12.7. The molecule has 2 heterocycles. The normalized spacial score (nSPS) is 20.6. The average molecular weight is 265 g/mol. The van der Waals surface area contributed by atoms with Crippen molar-refractivity contribution in [1.82, 2.24) is 15.1 Å². The van der Waals surface area contributed by atoms with Gasteiger partial charge in [-0.15, -0.1) is 0 Å². The third kappa shape index (κ3) is 3.81. The third-order valence-corrected chi connectivity index (χ3v) is 3.87. The number of aryl methyl sites for hydroxylation is 1. The van der Waals surface area contributed by atoms with Gasteiger partial charge in [-0.2, -0.15) is 0 Å². The van der Waals surface area contributed by atoms with Crippen LogP contribution in [-0.4, -0.2) is 50.1 Å². The van der Waals surface area contributed by atoms with E-state index in [2.05, 4.69) is 42.2 Å². The Balaban J connectivity index is 1.97. The van der Waals surface area contributed by atoms with Gasteiger partial charge in [0.05, 0.1) is 6.54 Å². The highest BCUT2D eigenvalue weighted by Crippen LogP contribution is 2.23. The van der Waals surface area contributed by atoms with Gasteiger partial charge in [0, 0.05) is 24.7 Å². The third-order valence-electron chi connectivity index (χ3n) is 3.87. The maximum absolute atomic E-state index is 5.89. The summed E-state index contributed by atoms with van der Waals surface area (Å²) < 4.78 is 5.89. The van der Waals surface area contributed by atoms with E-state index in [1.54, 1.807) is 0 Å². The van der Waals surface area contributed by atoms with Gasteiger partial charge in [-0.3, -0.25) is 4.90 Å². The number of nitrogens with one attached hydrogen (secondary N) is 1. The Morgan fingerprint density at radius 2 is 2.26 bits per heavy atom. The van der Waals surface area contributed by atoms with E-state index in [0.717, 1.165) is 31.2 Å². The molecule has 0 amide bonds. The van der Waals surface area contributed by atoms with Crippen LogP contribution >= 0.6 is 0 Å². The lowest BCUT2D eigenvalue weighted by atomic mass is 10.2. The largest absolute Gasteiger partial charge is 0.465 e. The zero-order chi connectivity index (χ0) is 13.8. The molecule has 0 bridgehead atoms. The maximum Gasteiger partial charge on any atom is 0.118 e. The molecule has 0 spiro atoms. The summed E-state index contributed by atoms with van der Waals surface area (Å²) in [5.74, 6) is 2.15. The molecule has 1 aromatic heterocycles. The number of hydrogen-bond donors (Lipinski definition) is 1. The van der Waals surface area contributed by atoms with Crippen LogP contribution in [0.2, 0.25) is 0 Å². The van der Waals surface area contributed by atoms with Crippen molar-refractivity contribution in [3.05, 3.63) is 23.2 Å². The SMILES string of the molecule is CNCc1cc(CN2CCCC2CN(C)C)oc1C. The molecule has 1 N–H and O–H groups in total. The molecular formula is C15H27N3O. The predicted molar refractivity (Wildman–Crippen MR) is 78.2 cm³/mol. The summed E-state index contributed by atoms with van der Waals surface area (Å²) in [6.45, 7) is 6.22. The molecule has 0 aromatic carbocycles. The molecule has 1 unspecified atom stereocenters. The van der Waals surface area contributed by atoms with Crippen LogP contribution in [0.3, 0.4) is 0 Å². The smallest absolute Gasteiger partial charge is 0.118 e. The number of nitrogens with zero attached hydrogens (tertiary/aromatic N) is 2. The first-order chi connectivity index (χ1) is 9.10. The number of hydrogen-bond acceptors (Lipinski definition) is 4. The molecule has 1 saturated heterocycles. The average Bonchev–Trinajstić information content (AvgIpc) is 2.88. The first-order valence-corrected chi connectivity index (χ1v) is 7.21. The minimum atomic E-state index is 0.674. The Bertz CT molecular complexity index is 400. The lowest BCUT2D eigenvalue weighted by Crippen LogP contribution is -2.36. The molecule has 1 aliphatic rings. The van der Waals surface area contributed by atoms with Crippen molar-refractivity contribution in [2.45, 2.75) is 38.9 Å². The van der Waals surface area contributed by atoms with Crippen molar-refractivity contribution in [3.63, 3.8) is 0 Å². The van der Waals surface area contributed by atoms with E-state index in [9.17, 15) is 0 Å². The van der Waals surface area contributed by atoms with Gasteiger partial charge < -0.3 is 14.6 Å². The summed E-state index contributed by atoms with van der Waals surface area (Å²) in [4.78, 5) is 4.84. The Morgan fingerprint density at radius 3 is 2.95 bits per heavy atom. The molecule has 0 radical (unpaired) electrons.